The number of ether oxygens (including phenoxy) is 1. The maximum absolute atomic E-state index is 12.3. The first-order valence-corrected chi connectivity index (χ1v) is 9.83. The van der Waals surface area contributed by atoms with Crippen LogP contribution in [0.15, 0.2) is 41.9 Å². The highest BCUT2D eigenvalue weighted by Gasteiger charge is 2.35. The Hall–Kier alpha value is -3.79. The second-order valence-electron chi connectivity index (χ2n) is 6.44. The first-order valence-electron chi connectivity index (χ1n) is 8.95. The predicted octanol–water partition coefficient (Wildman–Crippen LogP) is 2.55. The lowest BCUT2D eigenvalue weighted by Gasteiger charge is -2.12. The minimum Gasteiger partial charge on any atom is -0.464 e. The number of nitrogens with one attached hydrogen (secondary N) is 2. The van der Waals surface area contributed by atoms with E-state index in [-0.39, 0.29) is 18.9 Å². The lowest BCUT2D eigenvalue weighted by molar-refractivity contribution is -0.116. The fourth-order valence-electron chi connectivity index (χ4n) is 3.07. The average molecular weight is 424 g/mol. The topological polar surface area (TPSA) is 121 Å². The van der Waals surface area contributed by atoms with Crippen molar-refractivity contribution in [2.75, 3.05) is 19.0 Å². The number of benzene rings is 1. The van der Waals surface area contributed by atoms with Crippen molar-refractivity contribution in [3.8, 4) is 11.3 Å². The number of rotatable bonds is 6. The number of hydrogen-bond donors (Lipinski definition) is 2. The highest BCUT2D eigenvalue weighted by Crippen LogP contribution is 2.26. The van der Waals surface area contributed by atoms with Crippen LogP contribution in [0.1, 0.15) is 37.6 Å². The molecule has 2 aromatic heterocycles. The van der Waals surface area contributed by atoms with Crippen LogP contribution in [-0.2, 0) is 9.53 Å². The summed E-state index contributed by atoms with van der Waals surface area (Å²) in [6, 6.07) is 8.19. The quantitative estimate of drug-likeness (QED) is 0.463. The van der Waals surface area contributed by atoms with E-state index in [1.807, 2.05) is 0 Å². The van der Waals surface area contributed by atoms with Crippen molar-refractivity contribution >= 4 is 40.2 Å². The molecule has 3 aromatic rings. The number of carbonyl (C=O) groups is 4. The summed E-state index contributed by atoms with van der Waals surface area (Å²) in [7, 11) is 1.29. The summed E-state index contributed by atoms with van der Waals surface area (Å²) < 4.78 is 4.65. The number of imide groups is 1. The molecule has 10 heteroatoms. The van der Waals surface area contributed by atoms with E-state index in [9.17, 15) is 19.2 Å². The number of carbonyl (C=O) groups excluding carboxylic acids is 4. The van der Waals surface area contributed by atoms with Crippen molar-refractivity contribution in [3.63, 3.8) is 0 Å². The molecule has 0 bridgehead atoms. The Balaban J connectivity index is 1.35. The predicted molar refractivity (Wildman–Crippen MR) is 108 cm³/mol. The van der Waals surface area contributed by atoms with Crippen LogP contribution in [-0.4, -0.2) is 52.2 Å². The molecule has 4 rings (SSSR count). The number of aromatic nitrogens is 2. The van der Waals surface area contributed by atoms with Gasteiger partial charge in [0.15, 0.2) is 5.13 Å². The van der Waals surface area contributed by atoms with Crippen molar-refractivity contribution in [2.45, 2.75) is 6.42 Å². The summed E-state index contributed by atoms with van der Waals surface area (Å²) in [5.74, 6) is -1.64. The van der Waals surface area contributed by atoms with Crippen LogP contribution in [0.3, 0.4) is 0 Å². The van der Waals surface area contributed by atoms with Crippen molar-refractivity contribution in [2.24, 2.45) is 0 Å². The molecule has 0 radical (unpaired) electrons. The van der Waals surface area contributed by atoms with Gasteiger partial charge in [0.1, 0.15) is 5.69 Å². The molecule has 0 aliphatic carbocycles. The van der Waals surface area contributed by atoms with Gasteiger partial charge in [-0.1, -0.05) is 12.1 Å². The number of aromatic amines is 1. The van der Waals surface area contributed by atoms with Crippen molar-refractivity contribution in [3.05, 3.63) is 58.7 Å². The van der Waals surface area contributed by atoms with E-state index in [2.05, 4.69) is 20.0 Å². The van der Waals surface area contributed by atoms with Gasteiger partial charge in [-0.2, -0.15) is 0 Å². The Morgan fingerprint density at radius 3 is 2.57 bits per heavy atom. The SMILES string of the molecule is COC(=O)c1cc(-c2csc(NC(=O)CCN3C(=O)c4ccccc4C3=O)n2)c[nH]1. The Morgan fingerprint density at radius 2 is 1.90 bits per heavy atom. The fourth-order valence-corrected chi connectivity index (χ4v) is 3.81. The van der Waals surface area contributed by atoms with E-state index in [1.54, 1.807) is 41.9 Å². The van der Waals surface area contributed by atoms with Crippen molar-refractivity contribution < 1.29 is 23.9 Å². The van der Waals surface area contributed by atoms with Gasteiger partial charge in [0.2, 0.25) is 5.91 Å². The van der Waals surface area contributed by atoms with E-state index in [0.717, 1.165) is 4.90 Å². The molecule has 30 heavy (non-hydrogen) atoms. The van der Waals surface area contributed by atoms with Gasteiger partial charge in [0.25, 0.3) is 11.8 Å². The monoisotopic (exact) mass is 424 g/mol. The van der Waals surface area contributed by atoms with Gasteiger partial charge in [-0.3, -0.25) is 19.3 Å². The lowest BCUT2D eigenvalue weighted by Crippen LogP contribution is -2.32. The molecule has 2 N–H and O–H groups in total. The molecule has 152 valence electrons. The van der Waals surface area contributed by atoms with Crippen LogP contribution in [0.5, 0.6) is 0 Å². The summed E-state index contributed by atoms with van der Waals surface area (Å²) in [6.45, 7) is -0.0172. The fraction of sp³-hybridized carbons (Fsp3) is 0.150. The third-order valence-electron chi connectivity index (χ3n) is 4.58. The minimum absolute atomic E-state index is 0.0172. The van der Waals surface area contributed by atoms with E-state index in [1.165, 1.54) is 18.4 Å². The molecule has 0 saturated carbocycles. The molecule has 0 unspecified atom stereocenters. The van der Waals surface area contributed by atoms with E-state index < -0.39 is 17.8 Å². The molecule has 3 amide bonds. The zero-order valence-electron chi connectivity index (χ0n) is 15.8. The van der Waals surface area contributed by atoms with Crippen molar-refractivity contribution in [1.82, 2.24) is 14.9 Å². The van der Waals surface area contributed by atoms with Gasteiger partial charge >= 0.3 is 5.97 Å². The molecule has 3 heterocycles. The number of amides is 3. The van der Waals surface area contributed by atoms with Gasteiger partial charge in [-0.15, -0.1) is 11.3 Å². The van der Waals surface area contributed by atoms with Crippen LogP contribution in [0.2, 0.25) is 0 Å². The standard InChI is InChI=1S/C20H16N4O5S/c1-29-19(28)14-8-11(9-21-14)15-10-30-20(22-15)23-16(25)6-7-24-17(26)12-4-2-3-5-13(12)18(24)27/h2-5,8-10,21H,6-7H2,1H3,(H,22,23,25). The normalized spacial score (nSPS) is 12.8. The zero-order valence-corrected chi connectivity index (χ0v) is 16.6. The second-order valence-corrected chi connectivity index (χ2v) is 7.30. The Labute approximate surface area is 174 Å². The highest BCUT2D eigenvalue weighted by molar-refractivity contribution is 7.14. The molecule has 1 aromatic carbocycles. The van der Waals surface area contributed by atoms with Gasteiger partial charge in [0, 0.05) is 30.1 Å². The number of H-pyrrole nitrogens is 1. The third-order valence-corrected chi connectivity index (χ3v) is 5.33. The summed E-state index contributed by atoms with van der Waals surface area (Å²) in [5.41, 5.74) is 2.27. The van der Waals surface area contributed by atoms with Gasteiger partial charge in [-0.05, 0) is 18.2 Å². The van der Waals surface area contributed by atoms with Crippen LogP contribution in [0, 0.1) is 0 Å². The highest BCUT2D eigenvalue weighted by atomic mass is 32.1. The third kappa shape index (κ3) is 3.60. The number of fused-ring (bicyclic) bond motifs is 1. The summed E-state index contributed by atoms with van der Waals surface area (Å²) >= 11 is 1.22. The van der Waals surface area contributed by atoms with Gasteiger partial charge < -0.3 is 15.0 Å². The first kappa shape index (κ1) is 19.5. The number of thiazole rings is 1. The smallest absolute Gasteiger partial charge is 0.354 e. The van der Waals surface area contributed by atoms with E-state index in [0.29, 0.717) is 33.2 Å². The van der Waals surface area contributed by atoms with Gasteiger partial charge in [0.05, 0.1) is 23.9 Å². The summed E-state index contributed by atoms with van der Waals surface area (Å²) in [4.78, 5) is 56.7. The molecule has 0 saturated heterocycles. The van der Waals surface area contributed by atoms with Gasteiger partial charge in [-0.25, -0.2) is 9.78 Å². The van der Waals surface area contributed by atoms with Crippen molar-refractivity contribution in [1.29, 1.82) is 0 Å². The number of methoxy groups -OCH3 is 1. The number of hydrogen-bond acceptors (Lipinski definition) is 7. The molecule has 1 aliphatic heterocycles. The summed E-state index contributed by atoms with van der Waals surface area (Å²) in [6.07, 6.45) is 1.58. The molecular weight excluding hydrogens is 408 g/mol. The molecule has 9 nitrogen and oxygen atoms in total. The Bertz CT molecular complexity index is 1130. The lowest BCUT2D eigenvalue weighted by atomic mass is 10.1. The number of nitrogens with zero attached hydrogens (tertiary/aromatic N) is 2. The number of esters is 1. The van der Waals surface area contributed by atoms with Crippen LogP contribution in [0.25, 0.3) is 11.3 Å². The maximum Gasteiger partial charge on any atom is 0.354 e. The number of anilines is 1. The first-order chi connectivity index (χ1) is 14.5. The van der Waals surface area contributed by atoms with E-state index >= 15 is 0 Å². The molecular formula is C20H16N4O5S. The Kier molecular flexibility index (Phi) is 5.15. The van der Waals surface area contributed by atoms with Crippen LogP contribution in [0.4, 0.5) is 5.13 Å². The minimum atomic E-state index is -0.488. The van der Waals surface area contributed by atoms with Crippen LogP contribution >= 0.6 is 11.3 Å². The largest absolute Gasteiger partial charge is 0.464 e. The molecule has 0 spiro atoms. The average Bonchev–Trinajstić information content (AvgIpc) is 3.46. The molecule has 0 atom stereocenters. The Morgan fingerprint density at radius 1 is 1.20 bits per heavy atom. The summed E-state index contributed by atoms with van der Waals surface area (Å²) in [5, 5.41) is 4.78. The maximum atomic E-state index is 12.3. The second kappa shape index (κ2) is 7.91. The molecule has 0 fully saturated rings. The van der Waals surface area contributed by atoms with E-state index in [4.69, 9.17) is 0 Å². The molecule has 1 aliphatic rings. The van der Waals surface area contributed by atoms with Crippen LogP contribution < -0.4 is 5.32 Å². The zero-order chi connectivity index (χ0) is 21.3.